The zero-order valence-electron chi connectivity index (χ0n) is 10.5. The van der Waals surface area contributed by atoms with E-state index in [0.29, 0.717) is 18.0 Å². The van der Waals surface area contributed by atoms with Crippen molar-refractivity contribution in [1.29, 1.82) is 0 Å². The SMILES string of the molecule is C[C@@H]1CCC[C@@H](C)N1C(=O)C1CCNCC1. The Labute approximate surface area is 98.6 Å². The van der Waals surface area contributed by atoms with E-state index in [0.717, 1.165) is 25.9 Å². The van der Waals surface area contributed by atoms with Crippen LogP contribution in [0.4, 0.5) is 0 Å². The molecule has 2 heterocycles. The second kappa shape index (κ2) is 5.17. The molecule has 0 radical (unpaired) electrons. The van der Waals surface area contributed by atoms with E-state index in [2.05, 4.69) is 24.1 Å². The van der Waals surface area contributed by atoms with Gasteiger partial charge in [0.05, 0.1) is 0 Å². The summed E-state index contributed by atoms with van der Waals surface area (Å²) >= 11 is 0. The second-order valence-electron chi connectivity index (χ2n) is 5.40. The zero-order valence-corrected chi connectivity index (χ0v) is 10.5. The van der Waals surface area contributed by atoms with Crippen LogP contribution in [-0.2, 0) is 4.79 Å². The topological polar surface area (TPSA) is 32.3 Å². The summed E-state index contributed by atoms with van der Waals surface area (Å²) in [4.78, 5) is 14.6. The minimum absolute atomic E-state index is 0.282. The molecule has 3 nitrogen and oxygen atoms in total. The van der Waals surface area contributed by atoms with Gasteiger partial charge in [-0.2, -0.15) is 0 Å². The molecule has 0 aromatic heterocycles. The number of nitrogens with one attached hydrogen (secondary N) is 1. The number of rotatable bonds is 1. The van der Waals surface area contributed by atoms with E-state index in [1.54, 1.807) is 0 Å². The summed E-state index contributed by atoms with van der Waals surface area (Å²) in [5.41, 5.74) is 0. The lowest BCUT2D eigenvalue weighted by molar-refractivity contribution is -0.142. The molecule has 2 aliphatic heterocycles. The standard InChI is InChI=1S/C13H24N2O/c1-10-4-3-5-11(2)15(10)13(16)12-6-8-14-9-7-12/h10-12,14H,3-9H2,1-2H3/t10-,11-/m1/s1. The van der Waals surface area contributed by atoms with Gasteiger partial charge in [-0.25, -0.2) is 0 Å². The summed E-state index contributed by atoms with van der Waals surface area (Å²) in [5, 5.41) is 3.32. The van der Waals surface area contributed by atoms with Crippen LogP contribution in [0.2, 0.25) is 0 Å². The fraction of sp³-hybridized carbons (Fsp3) is 0.923. The van der Waals surface area contributed by atoms with E-state index < -0.39 is 0 Å². The molecule has 1 amide bonds. The normalized spacial score (nSPS) is 32.8. The maximum atomic E-state index is 12.5. The van der Waals surface area contributed by atoms with Gasteiger partial charge in [0.1, 0.15) is 0 Å². The van der Waals surface area contributed by atoms with Gasteiger partial charge in [0.25, 0.3) is 0 Å². The average Bonchev–Trinajstić information content (AvgIpc) is 2.30. The first-order valence-electron chi connectivity index (χ1n) is 6.73. The third-order valence-electron chi connectivity index (χ3n) is 4.14. The van der Waals surface area contributed by atoms with Crippen molar-refractivity contribution >= 4 is 5.91 Å². The monoisotopic (exact) mass is 224 g/mol. The van der Waals surface area contributed by atoms with Gasteiger partial charge in [-0.3, -0.25) is 4.79 Å². The van der Waals surface area contributed by atoms with Crippen LogP contribution >= 0.6 is 0 Å². The second-order valence-corrected chi connectivity index (χ2v) is 5.40. The van der Waals surface area contributed by atoms with Gasteiger partial charge in [-0.05, 0) is 59.0 Å². The van der Waals surface area contributed by atoms with Crippen LogP contribution in [0.1, 0.15) is 46.0 Å². The molecule has 2 rings (SSSR count). The van der Waals surface area contributed by atoms with E-state index in [1.807, 2.05) is 0 Å². The Bertz CT molecular complexity index is 238. The van der Waals surface area contributed by atoms with Gasteiger partial charge in [0, 0.05) is 18.0 Å². The summed E-state index contributed by atoms with van der Waals surface area (Å²) in [6.07, 6.45) is 5.68. The number of likely N-dealkylation sites (tertiary alicyclic amines) is 1. The van der Waals surface area contributed by atoms with Gasteiger partial charge in [-0.1, -0.05) is 0 Å². The molecule has 1 N–H and O–H groups in total. The first-order valence-corrected chi connectivity index (χ1v) is 6.73. The summed E-state index contributed by atoms with van der Waals surface area (Å²) < 4.78 is 0. The average molecular weight is 224 g/mol. The molecular formula is C13H24N2O. The molecule has 0 saturated carbocycles. The van der Waals surface area contributed by atoms with Gasteiger partial charge in [-0.15, -0.1) is 0 Å². The number of amides is 1. The minimum atomic E-state index is 0.282. The molecule has 16 heavy (non-hydrogen) atoms. The Morgan fingerprint density at radius 2 is 1.62 bits per heavy atom. The molecule has 3 heteroatoms. The van der Waals surface area contributed by atoms with E-state index >= 15 is 0 Å². The molecular weight excluding hydrogens is 200 g/mol. The number of hydrogen-bond acceptors (Lipinski definition) is 2. The van der Waals surface area contributed by atoms with Gasteiger partial charge in [0.2, 0.25) is 5.91 Å². The van der Waals surface area contributed by atoms with Crippen molar-refractivity contribution in [3.63, 3.8) is 0 Å². The molecule has 0 aromatic rings. The van der Waals surface area contributed by atoms with Crippen LogP contribution < -0.4 is 5.32 Å². The summed E-state index contributed by atoms with van der Waals surface area (Å²) in [6, 6.07) is 0.900. The molecule has 0 bridgehead atoms. The van der Waals surface area contributed by atoms with Gasteiger partial charge >= 0.3 is 0 Å². The van der Waals surface area contributed by atoms with Crippen molar-refractivity contribution in [3.8, 4) is 0 Å². The van der Waals surface area contributed by atoms with E-state index in [-0.39, 0.29) is 5.92 Å². The fourth-order valence-electron chi connectivity index (χ4n) is 3.14. The van der Waals surface area contributed by atoms with Crippen molar-refractivity contribution in [2.45, 2.75) is 58.0 Å². The third kappa shape index (κ3) is 2.40. The van der Waals surface area contributed by atoms with Gasteiger partial charge in [0.15, 0.2) is 0 Å². The van der Waals surface area contributed by atoms with Crippen molar-refractivity contribution in [2.75, 3.05) is 13.1 Å². The number of piperidine rings is 2. The third-order valence-corrected chi connectivity index (χ3v) is 4.14. The van der Waals surface area contributed by atoms with Crippen LogP contribution in [0.15, 0.2) is 0 Å². The molecule has 2 aliphatic rings. The van der Waals surface area contributed by atoms with Crippen LogP contribution in [0.5, 0.6) is 0 Å². The number of carbonyl (C=O) groups excluding carboxylic acids is 1. The first-order chi connectivity index (χ1) is 7.70. The summed E-state index contributed by atoms with van der Waals surface area (Å²) in [6.45, 7) is 6.42. The van der Waals surface area contributed by atoms with E-state index in [1.165, 1.54) is 19.3 Å². The molecule has 92 valence electrons. The Hall–Kier alpha value is -0.570. The maximum Gasteiger partial charge on any atom is 0.226 e. The Kier molecular flexibility index (Phi) is 3.85. The van der Waals surface area contributed by atoms with Crippen LogP contribution in [0.25, 0.3) is 0 Å². The molecule has 0 spiro atoms. The maximum absolute atomic E-state index is 12.5. The molecule has 2 fully saturated rings. The van der Waals surface area contributed by atoms with Crippen molar-refractivity contribution < 1.29 is 4.79 Å². The van der Waals surface area contributed by atoms with Crippen LogP contribution in [-0.4, -0.2) is 36.0 Å². The first kappa shape index (κ1) is 11.9. The van der Waals surface area contributed by atoms with E-state index in [9.17, 15) is 4.79 Å². The fourth-order valence-corrected chi connectivity index (χ4v) is 3.14. The van der Waals surface area contributed by atoms with Crippen molar-refractivity contribution in [2.24, 2.45) is 5.92 Å². The highest BCUT2D eigenvalue weighted by molar-refractivity contribution is 5.79. The lowest BCUT2D eigenvalue weighted by Crippen LogP contribution is -2.51. The Balaban J connectivity index is 2.00. The highest BCUT2D eigenvalue weighted by Crippen LogP contribution is 2.26. The summed E-state index contributed by atoms with van der Waals surface area (Å²) in [7, 11) is 0. The quantitative estimate of drug-likeness (QED) is 0.736. The smallest absolute Gasteiger partial charge is 0.226 e. The summed E-state index contributed by atoms with van der Waals surface area (Å²) in [5.74, 6) is 0.699. The Morgan fingerprint density at radius 1 is 1.06 bits per heavy atom. The molecule has 0 aromatic carbocycles. The zero-order chi connectivity index (χ0) is 11.5. The molecule has 2 atom stereocenters. The van der Waals surface area contributed by atoms with Crippen molar-refractivity contribution in [1.82, 2.24) is 10.2 Å². The lowest BCUT2D eigenvalue weighted by atomic mass is 9.91. The van der Waals surface area contributed by atoms with Crippen LogP contribution in [0, 0.1) is 5.92 Å². The minimum Gasteiger partial charge on any atom is -0.337 e. The molecule has 0 unspecified atom stereocenters. The number of nitrogens with zero attached hydrogens (tertiary/aromatic N) is 1. The van der Waals surface area contributed by atoms with Crippen molar-refractivity contribution in [3.05, 3.63) is 0 Å². The van der Waals surface area contributed by atoms with E-state index in [4.69, 9.17) is 0 Å². The van der Waals surface area contributed by atoms with Gasteiger partial charge < -0.3 is 10.2 Å². The molecule has 2 saturated heterocycles. The predicted octanol–water partition coefficient (Wildman–Crippen LogP) is 1.78. The lowest BCUT2D eigenvalue weighted by Gasteiger charge is -2.41. The molecule has 0 aliphatic carbocycles. The predicted molar refractivity (Wildman–Crippen MR) is 65.2 cm³/mol. The Morgan fingerprint density at radius 3 is 2.19 bits per heavy atom. The largest absolute Gasteiger partial charge is 0.337 e. The highest BCUT2D eigenvalue weighted by Gasteiger charge is 2.33. The number of carbonyl (C=O) groups is 1. The number of hydrogen-bond donors (Lipinski definition) is 1. The highest BCUT2D eigenvalue weighted by atomic mass is 16.2. The van der Waals surface area contributed by atoms with Crippen LogP contribution in [0.3, 0.4) is 0 Å².